The van der Waals surface area contributed by atoms with Gasteiger partial charge in [-0.15, -0.1) is 0 Å². The Hall–Kier alpha value is -2.79. The molecule has 0 N–H and O–H groups in total. The lowest BCUT2D eigenvalue weighted by molar-refractivity contribution is -0.0440. The maximum absolute atomic E-state index is 13.2. The molecule has 2 unspecified atom stereocenters. The largest absolute Gasteiger partial charge is 0.440 e. The smallest absolute Gasteiger partial charge is 0.339 e. The molecule has 9 nitrogen and oxygen atoms in total. The van der Waals surface area contributed by atoms with Crippen LogP contribution in [0.2, 0.25) is 5.02 Å². The first-order valence-corrected chi connectivity index (χ1v) is 12.0. The highest BCUT2D eigenvalue weighted by atomic mass is 35.5. The Morgan fingerprint density at radius 1 is 1.06 bits per heavy atom. The van der Waals surface area contributed by atoms with Gasteiger partial charge in [-0.3, -0.25) is 9.59 Å². The molecule has 2 amide bonds. The highest BCUT2D eigenvalue weighted by Crippen LogP contribution is 2.29. The fourth-order valence-corrected chi connectivity index (χ4v) is 5.95. The van der Waals surface area contributed by atoms with Crippen molar-refractivity contribution < 1.29 is 32.3 Å². The topological polar surface area (TPSA) is 110 Å². The predicted octanol–water partition coefficient (Wildman–Crippen LogP) is 2.55. The second-order valence-electron chi connectivity index (χ2n) is 7.87. The van der Waals surface area contributed by atoms with Crippen LogP contribution in [0.5, 0.6) is 0 Å². The molecular formula is C22H21ClN2O7S. The quantitative estimate of drug-likeness (QED) is 0.466. The fourth-order valence-electron chi connectivity index (χ4n) is 3.86. The number of sulfonamides is 1. The van der Waals surface area contributed by atoms with E-state index in [4.69, 9.17) is 21.1 Å². The summed E-state index contributed by atoms with van der Waals surface area (Å²) in [7, 11) is -4.00. The summed E-state index contributed by atoms with van der Waals surface area (Å²) < 4.78 is 38.4. The Kier molecular flexibility index (Phi) is 6.28. The van der Waals surface area contributed by atoms with E-state index in [9.17, 15) is 22.8 Å². The van der Waals surface area contributed by atoms with Crippen molar-refractivity contribution in [3.05, 3.63) is 64.2 Å². The number of hydrogen-bond donors (Lipinski definition) is 0. The maximum Gasteiger partial charge on any atom is 0.339 e. The van der Waals surface area contributed by atoms with Crippen LogP contribution in [0.3, 0.4) is 0 Å². The zero-order valence-corrected chi connectivity index (χ0v) is 19.4. The summed E-state index contributed by atoms with van der Waals surface area (Å²) in [5.74, 6) is -2.04. The van der Waals surface area contributed by atoms with Crippen molar-refractivity contribution in [2.75, 3.05) is 19.8 Å². The number of carbonyl (C=O) groups is 3. The van der Waals surface area contributed by atoms with Gasteiger partial charge in [-0.2, -0.15) is 4.31 Å². The van der Waals surface area contributed by atoms with Crippen LogP contribution in [0.15, 0.2) is 47.4 Å². The number of imide groups is 1. The number of halogens is 1. The number of fused-ring (bicyclic) bond motifs is 1. The average Bonchev–Trinajstić information content (AvgIpc) is 3.01. The molecular weight excluding hydrogens is 472 g/mol. The molecule has 0 saturated carbocycles. The van der Waals surface area contributed by atoms with E-state index in [0.29, 0.717) is 0 Å². The highest BCUT2D eigenvalue weighted by molar-refractivity contribution is 7.89. The summed E-state index contributed by atoms with van der Waals surface area (Å²) in [6.07, 6.45) is -0.592. The number of ether oxygens (including phenoxy) is 2. The van der Waals surface area contributed by atoms with Crippen LogP contribution < -0.4 is 0 Å². The fraction of sp³-hybridized carbons (Fsp3) is 0.318. The third kappa shape index (κ3) is 4.39. The molecule has 2 aromatic rings. The summed E-state index contributed by atoms with van der Waals surface area (Å²) in [6.45, 7) is 3.24. The number of morpholine rings is 1. The van der Waals surface area contributed by atoms with Crippen molar-refractivity contribution in [2.45, 2.75) is 31.0 Å². The molecule has 0 spiro atoms. The summed E-state index contributed by atoms with van der Waals surface area (Å²) in [5, 5.41) is -0.0429. The van der Waals surface area contributed by atoms with Crippen LogP contribution in [0.4, 0.5) is 0 Å². The number of benzene rings is 2. The number of rotatable bonds is 5. The van der Waals surface area contributed by atoms with Gasteiger partial charge >= 0.3 is 5.97 Å². The minimum Gasteiger partial charge on any atom is -0.440 e. The zero-order chi connectivity index (χ0) is 23.9. The first kappa shape index (κ1) is 23.4. The van der Waals surface area contributed by atoms with Gasteiger partial charge < -0.3 is 9.47 Å². The molecule has 2 aliphatic heterocycles. The van der Waals surface area contributed by atoms with Gasteiger partial charge in [0.15, 0.2) is 6.73 Å². The Labute approximate surface area is 195 Å². The van der Waals surface area contributed by atoms with Gasteiger partial charge in [-0.05, 0) is 44.2 Å². The van der Waals surface area contributed by atoms with Crippen LogP contribution in [-0.2, 0) is 19.5 Å². The molecule has 11 heteroatoms. The molecule has 0 aromatic heterocycles. The van der Waals surface area contributed by atoms with Crippen molar-refractivity contribution in [1.82, 2.24) is 9.21 Å². The molecule has 2 atom stereocenters. The maximum atomic E-state index is 13.2. The van der Waals surface area contributed by atoms with Crippen LogP contribution in [0.25, 0.3) is 0 Å². The van der Waals surface area contributed by atoms with Crippen molar-refractivity contribution >= 4 is 39.4 Å². The van der Waals surface area contributed by atoms with Crippen molar-refractivity contribution in [3.8, 4) is 0 Å². The minimum atomic E-state index is -4.00. The molecule has 0 aliphatic carbocycles. The van der Waals surface area contributed by atoms with Gasteiger partial charge in [-0.1, -0.05) is 23.7 Å². The molecule has 2 aromatic carbocycles. The van der Waals surface area contributed by atoms with E-state index in [-0.39, 0.29) is 51.9 Å². The third-order valence-corrected chi connectivity index (χ3v) is 7.69. The van der Waals surface area contributed by atoms with E-state index < -0.39 is 34.5 Å². The lowest BCUT2D eigenvalue weighted by Gasteiger charge is -2.34. The van der Waals surface area contributed by atoms with Gasteiger partial charge in [0.05, 0.1) is 33.9 Å². The first-order valence-electron chi connectivity index (χ1n) is 10.2. The molecule has 1 fully saturated rings. The second kappa shape index (κ2) is 8.86. The van der Waals surface area contributed by atoms with E-state index in [0.717, 1.165) is 11.0 Å². The van der Waals surface area contributed by atoms with Crippen LogP contribution >= 0.6 is 11.6 Å². The molecule has 33 heavy (non-hydrogen) atoms. The van der Waals surface area contributed by atoms with Crippen molar-refractivity contribution in [2.24, 2.45) is 0 Å². The van der Waals surface area contributed by atoms with Gasteiger partial charge in [0, 0.05) is 13.1 Å². The van der Waals surface area contributed by atoms with Crippen LogP contribution in [0.1, 0.15) is 44.9 Å². The van der Waals surface area contributed by atoms with Gasteiger partial charge in [0.2, 0.25) is 10.0 Å². The van der Waals surface area contributed by atoms with Crippen molar-refractivity contribution in [1.29, 1.82) is 0 Å². The van der Waals surface area contributed by atoms with E-state index in [1.54, 1.807) is 26.0 Å². The van der Waals surface area contributed by atoms with E-state index in [1.165, 1.54) is 28.6 Å². The number of carbonyl (C=O) groups excluding carboxylic acids is 3. The van der Waals surface area contributed by atoms with E-state index >= 15 is 0 Å². The summed E-state index contributed by atoms with van der Waals surface area (Å²) in [4.78, 5) is 38.0. The number of hydrogen-bond acceptors (Lipinski definition) is 7. The second-order valence-corrected chi connectivity index (χ2v) is 10.2. The molecule has 2 aliphatic rings. The van der Waals surface area contributed by atoms with Gasteiger partial charge in [0.1, 0.15) is 4.90 Å². The molecule has 0 bridgehead atoms. The number of amides is 2. The standard InChI is InChI=1S/C22H21ClN2O7S/c1-13-10-24(11-14(2)32-13)33(29,30)19-9-15(7-8-18(19)23)22(28)31-12-25-20(26)16-5-3-4-6-17(16)21(25)27/h3-9,13-14H,10-12H2,1-2H3. The highest BCUT2D eigenvalue weighted by Gasteiger charge is 2.36. The Morgan fingerprint density at radius 3 is 2.21 bits per heavy atom. The van der Waals surface area contributed by atoms with Crippen LogP contribution in [-0.4, -0.2) is 67.4 Å². The molecule has 2 heterocycles. The number of esters is 1. The molecule has 1 saturated heterocycles. The molecule has 174 valence electrons. The SMILES string of the molecule is CC1CN(S(=O)(=O)c2cc(C(=O)OCN3C(=O)c4ccccc4C3=O)ccc2Cl)CC(C)O1. The molecule has 4 rings (SSSR count). The Bertz CT molecular complexity index is 1200. The lowest BCUT2D eigenvalue weighted by Crippen LogP contribution is -2.48. The Balaban J connectivity index is 1.51. The normalized spacial score (nSPS) is 21.2. The van der Waals surface area contributed by atoms with E-state index in [2.05, 4.69) is 0 Å². The predicted molar refractivity (Wildman–Crippen MR) is 117 cm³/mol. The monoisotopic (exact) mass is 492 g/mol. The van der Waals surface area contributed by atoms with Crippen molar-refractivity contribution in [3.63, 3.8) is 0 Å². The van der Waals surface area contributed by atoms with Gasteiger partial charge in [-0.25, -0.2) is 18.1 Å². The summed E-state index contributed by atoms with van der Waals surface area (Å²) in [5.41, 5.74) is 0.378. The molecule has 0 radical (unpaired) electrons. The number of nitrogens with zero attached hydrogens (tertiary/aromatic N) is 2. The minimum absolute atomic E-state index is 0.0429. The summed E-state index contributed by atoms with van der Waals surface area (Å²) >= 11 is 6.16. The van der Waals surface area contributed by atoms with Crippen LogP contribution in [0, 0.1) is 0 Å². The third-order valence-electron chi connectivity index (χ3n) is 5.37. The first-order chi connectivity index (χ1) is 15.6. The zero-order valence-electron chi connectivity index (χ0n) is 17.9. The Morgan fingerprint density at radius 2 is 1.64 bits per heavy atom. The van der Waals surface area contributed by atoms with Gasteiger partial charge in [0.25, 0.3) is 11.8 Å². The van der Waals surface area contributed by atoms with E-state index in [1.807, 2.05) is 0 Å². The average molecular weight is 493 g/mol. The summed E-state index contributed by atoms with van der Waals surface area (Å²) in [6, 6.07) is 10.0. The lowest BCUT2D eigenvalue weighted by atomic mass is 10.1.